The number of aryl methyl sites for hydroxylation is 2. The Morgan fingerprint density at radius 2 is 1.56 bits per heavy atom. The van der Waals surface area contributed by atoms with Crippen LogP contribution in [0.25, 0.3) is 20.5 Å². The SMILES string of the molecule is CCc1cc(CC)c(-c2cc3ccc(OC(C)(S)CC(C)(C)OC(=O)C(C)(CC(C)(C)C)C(C)(C)C)cc3s2)cn1. The Kier molecular flexibility index (Phi) is 9.72. The number of rotatable bonds is 10. The van der Waals surface area contributed by atoms with Crippen LogP contribution < -0.4 is 4.74 Å². The number of carbonyl (C=O) groups excluding carboxylic acids is 1. The lowest BCUT2D eigenvalue weighted by Gasteiger charge is -2.45. The number of nitrogens with zero attached hydrogens (tertiary/aromatic N) is 1. The molecule has 2 unspecified atom stereocenters. The molecule has 0 radical (unpaired) electrons. The van der Waals surface area contributed by atoms with E-state index in [4.69, 9.17) is 22.1 Å². The van der Waals surface area contributed by atoms with Crippen molar-refractivity contribution in [3.8, 4) is 16.2 Å². The molecule has 6 heteroatoms. The second-order valence-corrected chi connectivity index (χ2v) is 16.8. The highest BCUT2D eigenvalue weighted by atomic mass is 32.1. The Morgan fingerprint density at radius 1 is 0.902 bits per heavy atom. The van der Waals surface area contributed by atoms with Crippen LogP contribution in [-0.4, -0.2) is 21.5 Å². The van der Waals surface area contributed by atoms with Gasteiger partial charge in [-0.05, 0) is 99.1 Å². The monoisotopic (exact) mass is 597 g/mol. The average molecular weight is 598 g/mol. The van der Waals surface area contributed by atoms with E-state index >= 15 is 0 Å². The largest absolute Gasteiger partial charge is 0.477 e. The first-order valence-electron chi connectivity index (χ1n) is 14.9. The van der Waals surface area contributed by atoms with Crippen LogP contribution in [0.5, 0.6) is 5.75 Å². The lowest BCUT2D eigenvalue weighted by atomic mass is 9.61. The topological polar surface area (TPSA) is 48.4 Å². The van der Waals surface area contributed by atoms with E-state index in [1.54, 1.807) is 11.3 Å². The Bertz CT molecular complexity index is 1370. The van der Waals surface area contributed by atoms with Crippen molar-refractivity contribution >= 4 is 40.0 Å². The first-order valence-corrected chi connectivity index (χ1v) is 16.1. The predicted octanol–water partition coefficient (Wildman–Crippen LogP) is 10.3. The van der Waals surface area contributed by atoms with Gasteiger partial charge in [-0.3, -0.25) is 9.78 Å². The maximum absolute atomic E-state index is 13.7. The number of thiophene rings is 1. The number of esters is 1. The van der Waals surface area contributed by atoms with Gasteiger partial charge in [0.1, 0.15) is 11.4 Å². The Labute approximate surface area is 258 Å². The van der Waals surface area contributed by atoms with Crippen LogP contribution >= 0.6 is 24.0 Å². The summed E-state index contributed by atoms with van der Waals surface area (Å²) in [6, 6.07) is 10.6. The molecule has 226 valence electrons. The number of carbonyl (C=O) groups is 1. The molecule has 3 rings (SSSR count). The number of hydrogen-bond acceptors (Lipinski definition) is 6. The van der Waals surface area contributed by atoms with E-state index in [1.165, 1.54) is 21.4 Å². The summed E-state index contributed by atoms with van der Waals surface area (Å²) in [4.78, 5) is 18.7. The van der Waals surface area contributed by atoms with Crippen LogP contribution in [0.3, 0.4) is 0 Å². The number of thiol groups is 1. The molecule has 41 heavy (non-hydrogen) atoms. The van der Waals surface area contributed by atoms with Crippen molar-refractivity contribution in [3.05, 3.63) is 47.8 Å². The van der Waals surface area contributed by atoms with E-state index in [1.807, 2.05) is 40.0 Å². The minimum absolute atomic E-state index is 0.0136. The lowest BCUT2D eigenvalue weighted by Crippen LogP contribution is -2.48. The van der Waals surface area contributed by atoms with Crippen molar-refractivity contribution in [2.75, 3.05) is 0 Å². The second kappa shape index (κ2) is 11.9. The van der Waals surface area contributed by atoms with Gasteiger partial charge in [0.05, 0.1) is 5.41 Å². The van der Waals surface area contributed by atoms with Crippen LogP contribution in [0.4, 0.5) is 0 Å². The zero-order chi connectivity index (χ0) is 31.0. The maximum atomic E-state index is 13.7. The zero-order valence-corrected chi connectivity index (χ0v) is 29.0. The molecule has 0 bridgehead atoms. The molecule has 0 aliphatic carbocycles. The summed E-state index contributed by atoms with van der Waals surface area (Å²) in [7, 11) is 0. The molecule has 0 fully saturated rings. The molecule has 0 spiro atoms. The Balaban J connectivity index is 1.79. The minimum atomic E-state index is -0.852. The van der Waals surface area contributed by atoms with Gasteiger partial charge in [-0.1, -0.05) is 55.4 Å². The summed E-state index contributed by atoms with van der Waals surface area (Å²) in [6.07, 6.45) is 5.07. The highest BCUT2D eigenvalue weighted by Gasteiger charge is 2.49. The van der Waals surface area contributed by atoms with Crippen molar-refractivity contribution in [2.24, 2.45) is 16.2 Å². The van der Waals surface area contributed by atoms with Gasteiger partial charge in [0.15, 0.2) is 4.93 Å². The quantitative estimate of drug-likeness (QED) is 0.143. The van der Waals surface area contributed by atoms with E-state index in [-0.39, 0.29) is 16.8 Å². The first kappa shape index (κ1) is 33.5. The maximum Gasteiger partial charge on any atom is 0.312 e. The van der Waals surface area contributed by atoms with Gasteiger partial charge in [-0.15, -0.1) is 24.0 Å². The highest BCUT2D eigenvalue weighted by Crippen LogP contribution is 2.48. The predicted molar refractivity (Wildman–Crippen MR) is 178 cm³/mol. The average Bonchev–Trinajstić information content (AvgIpc) is 3.23. The van der Waals surface area contributed by atoms with E-state index in [0.717, 1.165) is 35.4 Å². The van der Waals surface area contributed by atoms with Crippen LogP contribution in [-0.2, 0) is 22.4 Å². The second-order valence-electron chi connectivity index (χ2n) is 14.8. The van der Waals surface area contributed by atoms with Gasteiger partial charge in [0.2, 0.25) is 0 Å². The molecule has 0 aliphatic rings. The van der Waals surface area contributed by atoms with Crippen molar-refractivity contribution in [1.29, 1.82) is 0 Å². The number of ether oxygens (including phenoxy) is 2. The van der Waals surface area contributed by atoms with Gasteiger partial charge in [-0.25, -0.2) is 0 Å². The molecule has 3 aromatic rings. The summed E-state index contributed by atoms with van der Waals surface area (Å²) >= 11 is 6.65. The van der Waals surface area contributed by atoms with Crippen molar-refractivity contribution in [3.63, 3.8) is 0 Å². The fraction of sp³-hybridized carbons (Fsp3) is 0.600. The third-order valence-corrected chi connectivity index (χ3v) is 9.38. The molecule has 0 aliphatic heterocycles. The molecule has 0 amide bonds. The number of aromatic nitrogens is 1. The summed E-state index contributed by atoms with van der Waals surface area (Å²) < 4.78 is 13.8. The van der Waals surface area contributed by atoms with E-state index in [2.05, 4.69) is 84.6 Å². The van der Waals surface area contributed by atoms with Crippen LogP contribution in [0.15, 0.2) is 36.5 Å². The molecule has 0 N–H and O–H groups in total. The van der Waals surface area contributed by atoms with E-state index in [9.17, 15) is 4.79 Å². The summed E-state index contributed by atoms with van der Waals surface area (Å²) in [5.74, 6) is 0.572. The van der Waals surface area contributed by atoms with Gasteiger partial charge < -0.3 is 9.47 Å². The van der Waals surface area contributed by atoms with Crippen LogP contribution in [0.1, 0.15) is 107 Å². The van der Waals surface area contributed by atoms with Crippen molar-refractivity contribution < 1.29 is 14.3 Å². The molecule has 0 saturated carbocycles. The Morgan fingerprint density at radius 3 is 2.12 bits per heavy atom. The molecule has 2 aromatic heterocycles. The number of hydrogen-bond donors (Lipinski definition) is 1. The third kappa shape index (κ3) is 8.28. The molecule has 1 aromatic carbocycles. The zero-order valence-electron chi connectivity index (χ0n) is 27.3. The lowest BCUT2D eigenvalue weighted by molar-refractivity contribution is -0.180. The van der Waals surface area contributed by atoms with Gasteiger partial charge in [-0.2, -0.15) is 0 Å². The normalized spacial score (nSPS) is 15.8. The minimum Gasteiger partial charge on any atom is -0.477 e. The van der Waals surface area contributed by atoms with Gasteiger partial charge >= 0.3 is 5.97 Å². The molecular weight excluding hydrogens is 547 g/mol. The number of benzene rings is 1. The molecule has 4 nitrogen and oxygen atoms in total. The van der Waals surface area contributed by atoms with E-state index in [0.29, 0.717) is 6.42 Å². The molecule has 0 saturated heterocycles. The Hall–Kier alpha value is -2.05. The van der Waals surface area contributed by atoms with Crippen LogP contribution in [0, 0.1) is 16.2 Å². The van der Waals surface area contributed by atoms with Crippen molar-refractivity contribution in [1.82, 2.24) is 4.98 Å². The molecular formula is C35H51NO3S2. The number of fused-ring (bicyclic) bond motifs is 1. The third-order valence-electron chi connectivity index (χ3n) is 8.00. The molecule has 2 atom stereocenters. The van der Waals surface area contributed by atoms with Gasteiger partial charge in [0, 0.05) is 33.5 Å². The fourth-order valence-electron chi connectivity index (χ4n) is 5.65. The number of pyridine rings is 1. The summed E-state index contributed by atoms with van der Waals surface area (Å²) in [5, 5.41) is 1.18. The van der Waals surface area contributed by atoms with Crippen molar-refractivity contribution in [2.45, 2.75) is 119 Å². The highest BCUT2D eigenvalue weighted by molar-refractivity contribution is 7.81. The van der Waals surface area contributed by atoms with E-state index < -0.39 is 15.9 Å². The standard InChI is InChI=1S/C35H51NO3S2/c1-13-23-17-25(14-2)36-20-27(23)29-18-24-15-16-26(19-28(24)41-29)38-35(12,40)22-33(9,10)39-30(37)34(11,32(6,7)8)21-31(3,4)5/h15-20,40H,13-14,21-22H2,1-12H3. The summed E-state index contributed by atoms with van der Waals surface area (Å²) in [6.45, 7) is 25.0. The smallest absolute Gasteiger partial charge is 0.312 e. The molecule has 2 heterocycles. The van der Waals surface area contributed by atoms with Gasteiger partial charge in [0.25, 0.3) is 0 Å². The van der Waals surface area contributed by atoms with Crippen LogP contribution in [0.2, 0.25) is 0 Å². The first-order chi connectivity index (χ1) is 18.7. The summed E-state index contributed by atoms with van der Waals surface area (Å²) in [5.41, 5.74) is 1.97. The fourth-order valence-corrected chi connectivity index (χ4v) is 7.27.